The van der Waals surface area contributed by atoms with Gasteiger partial charge in [-0.3, -0.25) is 0 Å². The number of hydrogen-bond donors (Lipinski definition) is 1. The molecule has 1 fully saturated rings. The van der Waals surface area contributed by atoms with E-state index in [1.165, 1.54) is 18.6 Å². The highest BCUT2D eigenvalue weighted by Crippen LogP contribution is 2.31. The Morgan fingerprint density at radius 3 is 3.00 bits per heavy atom. The molecule has 1 saturated heterocycles. The van der Waals surface area contributed by atoms with Crippen molar-refractivity contribution in [2.24, 2.45) is 0 Å². The summed E-state index contributed by atoms with van der Waals surface area (Å²) in [5, 5.41) is 6.36. The second-order valence-corrected chi connectivity index (χ2v) is 6.16. The summed E-state index contributed by atoms with van der Waals surface area (Å²) >= 11 is 4.88. The van der Waals surface area contributed by atoms with Crippen LogP contribution in [0.3, 0.4) is 0 Å². The first-order valence-corrected chi connectivity index (χ1v) is 7.55. The molecule has 1 aromatic carbocycles. The molecule has 1 N–H and O–H groups in total. The molecule has 2 aromatic rings. The third kappa shape index (κ3) is 2.48. The minimum absolute atomic E-state index is 0.241. The average Bonchev–Trinajstić information content (AvgIpc) is 2.99. The van der Waals surface area contributed by atoms with E-state index in [9.17, 15) is 4.39 Å². The fraction of sp³-hybridized carbons (Fsp3) is 0.308. The first-order valence-electron chi connectivity index (χ1n) is 5.87. The fourth-order valence-corrected chi connectivity index (χ4v) is 3.52. The van der Waals surface area contributed by atoms with Crippen LogP contribution in [0.5, 0.6) is 0 Å². The van der Waals surface area contributed by atoms with E-state index in [1.54, 1.807) is 11.3 Å². The van der Waals surface area contributed by atoms with Crippen molar-refractivity contribution in [3.8, 4) is 10.6 Å². The molecule has 2 nitrogen and oxygen atoms in total. The minimum atomic E-state index is -0.241. The maximum atomic E-state index is 13.4. The highest BCUT2D eigenvalue weighted by atomic mass is 79.9. The number of rotatable bonds is 2. The highest BCUT2D eigenvalue weighted by molar-refractivity contribution is 9.10. The van der Waals surface area contributed by atoms with Gasteiger partial charge in [0.25, 0.3) is 0 Å². The van der Waals surface area contributed by atoms with Crippen molar-refractivity contribution in [1.29, 1.82) is 0 Å². The average molecular weight is 327 g/mol. The molecule has 0 radical (unpaired) electrons. The summed E-state index contributed by atoms with van der Waals surface area (Å²) in [6.45, 7) is 1.06. The molecule has 0 amide bonds. The van der Waals surface area contributed by atoms with E-state index in [-0.39, 0.29) is 5.82 Å². The van der Waals surface area contributed by atoms with Crippen LogP contribution in [0.4, 0.5) is 4.39 Å². The third-order valence-electron chi connectivity index (χ3n) is 3.05. The molecule has 0 spiro atoms. The van der Waals surface area contributed by atoms with Crippen molar-refractivity contribution in [2.45, 2.75) is 18.9 Å². The number of nitrogens with zero attached hydrogens (tertiary/aromatic N) is 1. The standard InChI is InChI=1S/C13H12BrFN2S/c14-9-4-8(5-10(15)6-9)13-17-12(7-18-13)11-2-1-3-16-11/h4-7,11,16H,1-3H2. The van der Waals surface area contributed by atoms with E-state index in [0.717, 1.165) is 33.7 Å². The van der Waals surface area contributed by atoms with Crippen molar-refractivity contribution >= 4 is 27.3 Å². The summed E-state index contributed by atoms with van der Waals surface area (Å²) in [4.78, 5) is 4.61. The van der Waals surface area contributed by atoms with E-state index < -0.39 is 0 Å². The van der Waals surface area contributed by atoms with Crippen LogP contribution in [0.1, 0.15) is 24.6 Å². The lowest BCUT2D eigenvalue weighted by Gasteiger charge is -2.05. The van der Waals surface area contributed by atoms with Crippen LogP contribution in [-0.4, -0.2) is 11.5 Å². The van der Waals surface area contributed by atoms with Crippen LogP contribution in [0, 0.1) is 5.82 Å². The summed E-state index contributed by atoms with van der Waals surface area (Å²) in [5.41, 5.74) is 1.91. The number of hydrogen-bond acceptors (Lipinski definition) is 3. The normalized spacial score (nSPS) is 19.3. The molecule has 5 heteroatoms. The summed E-state index contributed by atoms with van der Waals surface area (Å²) in [7, 11) is 0. The van der Waals surface area contributed by atoms with Gasteiger partial charge in [-0.2, -0.15) is 0 Å². The first kappa shape index (κ1) is 12.3. The van der Waals surface area contributed by atoms with Gasteiger partial charge in [0.1, 0.15) is 10.8 Å². The topological polar surface area (TPSA) is 24.9 Å². The monoisotopic (exact) mass is 326 g/mol. The Morgan fingerprint density at radius 2 is 2.28 bits per heavy atom. The van der Waals surface area contributed by atoms with Crippen molar-refractivity contribution in [3.05, 3.63) is 39.6 Å². The van der Waals surface area contributed by atoms with Crippen LogP contribution in [0.25, 0.3) is 10.6 Å². The Bertz CT molecular complexity index is 544. The van der Waals surface area contributed by atoms with Crippen molar-refractivity contribution < 1.29 is 4.39 Å². The SMILES string of the molecule is Fc1cc(Br)cc(-c2nc(C3CCCN3)cs2)c1. The Labute approximate surface area is 117 Å². The predicted molar refractivity (Wildman–Crippen MR) is 75.2 cm³/mol. The number of benzene rings is 1. The van der Waals surface area contributed by atoms with Crippen LogP contribution < -0.4 is 5.32 Å². The molecule has 1 aliphatic heterocycles. The molecule has 3 rings (SSSR count). The molecule has 94 valence electrons. The predicted octanol–water partition coefficient (Wildman–Crippen LogP) is 4.14. The van der Waals surface area contributed by atoms with Gasteiger partial charge in [-0.1, -0.05) is 15.9 Å². The van der Waals surface area contributed by atoms with Crippen LogP contribution in [0.2, 0.25) is 0 Å². The van der Waals surface area contributed by atoms with E-state index >= 15 is 0 Å². The summed E-state index contributed by atoms with van der Waals surface area (Å²) < 4.78 is 14.1. The van der Waals surface area contributed by atoms with Gasteiger partial charge in [0.05, 0.1) is 11.7 Å². The molecule has 1 aromatic heterocycles. The Kier molecular flexibility index (Phi) is 3.46. The molecule has 0 aliphatic carbocycles. The molecule has 0 bridgehead atoms. The zero-order valence-electron chi connectivity index (χ0n) is 9.62. The molecule has 2 heterocycles. The van der Waals surface area contributed by atoms with Gasteiger partial charge in [-0.15, -0.1) is 11.3 Å². The Balaban J connectivity index is 1.92. The third-order valence-corrected chi connectivity index (χ3v) is 4.42. The van der Waals surface area contributed by atoms with Crippen molar-refractivity contribution in [3.63, 3.8) is 0 Å². The van der Waals surface area contributed by atoms with Crippen LogP contribution >= 0.6 is 27.3 Å². The van der Waals surface area contributed by atoms with Gasteiger partial charge in [-0.25, -0.2) is 9.37 Å². The van der Waals surface area contributed by atoms with E-state index in [2.05, 4.69) is 31.6 Å². The number of halogens is 2. The molecular weight excluding hydrogens is 315 g/mol. The number of aromatic nitrogens is 1. The van der Waals surface area contributed by atoms with Crippen molar-refractivity contribution in [1.82, 2.24) is 10.3 Å². The molecule has 1 aliphatic rings. The van der Waals surface area contributed by atoms with Gasteiger partial charge >= 0.3 is 0 Å². The quantitative estimate of drug-likeness (QED) is 0.897. The zero-order valence-corrected chi connectivity index (χ0v) is 12.0. The summed E-state index contributed by atoms with van der Waals surface area (Å²) in [6, 6.07) is 5.24. The lowest BCUT2D eigenvalue weighted by molar-refractivity contribution is 0.627. The maximum absolute atomic E-state index is 13.4. The van der Waals surface area contributed by atoms with E-state index in [0.29, 0.717) is 6.04 Å². The summed E-state index contributed by atoms with van der Waals surface area (Å²) in [6.07, 6.45) is 2.33. The molecule has 1 atom stereocenters. The smallest absolute Gasteiger partial charge is 0.125 e. The second kappa shape index (κ2) is 5.07. The molecular formula is C13H12BrFN2S. The van der Waals surface area contributed by atoms with Crippen LogP contribution in [0.15, 0.2) is 28.1 Å². The van der Waals surface area contributed by atoms with Crippen molar-refractivity contribution in [2.75, 3.05) is 6.54 Å². The Hall–Kier alpha value is -0.780. The summed E-state index contributed by atoms with van der Waals surface area (Å²) in [5.74, 6) is -0.241. The fourth-order valence-electron chi connectivity index (χ4n) is 2.19. The van der Waals surface area contributed by atoms with Gasteiger partial charge < -0.3 is 5.32 Å². The maximum Gasteiger partial charge on any atom is 0.125 e. The number of thiazole rings is 1. The minimum Gasteiger partial charge on any atom is -0.309 e. The lowest BCUT2D eigenvalue weighted by Crippen LogP contribution is -2.12. The van der Waals surface area contributed by atoms with Gasteiger partial charge in [-0.05, 0) is 37.6 Å². The first-order chi connectivity index (χ1) is 8.72. The zero-order chi connectivity index (χ0) is 12.5. The highest BCUT2D eigenvalue weighted by Gasteiger charge is 2.19. The van der Waals surface area contributed by atoms with E-state index in [1.807, 2.05) is 6.07 Å². The molecule has 0 saturated carbocycles. The number of nitrogens with one attached hydrogen (secondary N) is 1. The molecule has 18 heavy (non-hydrogen) atoms. The van der Waals surface area contributed by atoms with E-state index in [4.69, 9.17) is 0 Å². The Morgan fingerprint density at radius 1 is 1.39 bits per heavy atom. The van der Waals surface area contributed by atoms with Gasteiger partial charge in [0, 0.05) is 15.4 Å². The van der Waals surface area contributed by atoms with Gasteiger partial charge in [0.15, 0.2) is 0 Å². The van der Waals surface area contributed by atoms with Crippen LogP contribution in [-0.2, 0) is 0 Å². The lowest BCUT2D eigenvalue weighted by atomic mass is 10.2. The van der Waals surface area contributed by atoms with Gasteiger partial charge in [0.2, 0.25) is 0 Å². The largest absolute Gasteiger partial charge is 0.309 e. The molecule has 1 unspecified atom stereocenters. The second-order valence-electron chi connectivity index (χ2n) is 4.38.